The maximum absolute atomic E-state index is 11.9. The highest BCUT2D eigenvalue weighted by atomic mass is 35.5. The number of carbonyl (C=O) groups is 1. The summed E-state index contributed by atoms with van der Waals surface area (Å²) in [6.07, 6.45) is 0. The fourth-order valence-electron chi connectivity index (χ4n) is 0.238. The molecule has 0 N–H and O–H groups in total. The van der Waals surface area contributed by atoms with Crippen molar-refractivity contribution in [1.82, 2.24) is 0 Å². The van der Waals surface area contributed by atoms with Crippen molar-refractivity contribution in [1.29, 1.82) is 0 Å². The molecule has 0 saturated carbocycles. The molecule has 0 bridgehead atoms. The summed E-state index contributed by atoms with van der Waals surface area (Å²) in [7, 11) is 0. The molecular weight excluding hydrogens is 166 g/mol. The van der Waals surface area contributed by atoms with Gasteiger partial charge in [-0.1, -0.05) is 0 Å². The van der Waals surface area contributed by atoms with E-state index in [4.69, 9.17) is 0 Å². The third kappa shape index (κ3) is 1.80. The van der Waals surface area contributed by atoms with Crippen LogP contribution in [0.4, 0.5) is 8.78 Å². The van der Waals surface area contributed by atoms with Crippen molar-refractivity contribution >= 4 is 17.8 Å². The van der Waals surface area contributed by atoms with Crippen molar-refractivity contribution < 1.29 is 17.9 Å². The number of hydrogen-bond acceptors (Lipinski definition) is 2. The van der Waals surface area contributed by atoms with E-state index in [2.05, 4.69) is 16.2 Å². The van der Waals surface area contributed by atoms with Crippen LogP contribution in [0.15, 0.2) is 0 Å². The van der Waals surface area contributed by atoms with Crippen LogP contribution in [0.3, 0.4) is 0 Å². The molecule has 2 nitrogen and oxygen atoms in total. The van der Waals surface area contributed by atoms with Gasteiger partial charge < -0.3 is 4.29 Å². The SMILES string of the molecule is CC(CF)(CF)C(=O)OCl. The summed E-state index contributed by atoms with van der Waals surface area (Å²) in [6.45, 7) is -1.14. The molecule has 0 aromatic carbocycles. The van der Waals surface area contributed by atoms with Gasteiger partial charge in [-0.25, -0.2) is 13.6 Å². The maximum Gasteiger partial charge on any atom is 0.335 e. The van der Waals surface area contributed by atoms with Crippen molar-refractivity contribution in [2.45, 2.75) is 6.92 Å². The van der Waals surface area contributed by atoms with Gasteiger partial charge in [-0.15, -0.1) is 0 Å². The Morgan fingerprint density at radius 2 is 2.00 bits per heavy atom. The van der Waals surface area contributed by atoms with Crippen LogP contribution in [0.2, 0.25) is 0 Å². The lowest BCUT2D eigenvalue weighted by molar-refractivity contribution is -0.146. The molecule has 0 amide bonds. The summed E-state index contributed by atoms with van der Waals surface area (Å²) < 4.78 is 27.4. The lowest BCUT2D eigenvalue weighted by Gasteiger charge is -2.16. The molecule has 0 spiro atoms. The second-order valence-electron chi connectivity index (χ2n) is 2.19. The lowest BCUT2D eigenvalue weighted by Crippen LogP contribution is -2.32. The van der Waals surface area contributed by atoms with Crippen LogP contribution in [-0.2, 0) is 9.08 Å². The third-order valence-corrected chi connectivity index (χ3v) is 1.29. The second-order valence-corrected chi connectivity index (χ2v) is 2.35. The Morgan fingerprint density at radius 3 is 2.10 bits per heavy atom. The Kier molecular flexibility index (Phi) is 3.57. The van der Waals surface area contributed by atoms with E-state index in [1.54, 1.807) is 0 Å². The average molecular weight is 173 g/mol. The van der Waals surface area contributed by atoms with Crippen molar-refractivity contribution in [3.63, 3.8) is 0 Å². The summed E-state index contributed by atoms with van der Waals surface area (Å²) in [4.78, 5) is 10.5. The molecule has 0 rings (SSSR count). The first kappa shape index (κ1) is 9.62. The Labute approximate surface area is 62.3 Å². The minimum absolute atomic E-state index is 1.08. The van der Waals surface area contributed by atoms with E-state index in [0.717, 1.165) is 6.92 Å². The highest BCUT2D eigenvalue weighted by Crippen LogP contribution is 2.20. The first-order valence-electron chi connectivity index (χ1n) is 2.55. The fourth-order valence-corrected chi connectivity index (χ4v) is 0.424. The second kappa shape index (κ2) is 3.71. The first-order valence-corrected chi connectivity index (χ1v) is 2.86. The third-order valence-electron chi connectivity index (χ3n) is 1.15. The van der Waals surface area contributed by atoms with Gasteiger partial charge in [-0.2, -0.15) is 0 Å². The molecule has 0 aliphatic heterocycles. The molecular formula is C5H7ClF2O2. The molecule has 0 saturated heterocycles. The zero-order chi connectivity index (χ0) is 8.20. The lowest BCUT2D eigenvalue weighted by atomic mass is 9.95. The number of alkyl halides is 2. The standard InChI is InChI=1S/C5H7ClF2O2/c1-5(2-7,3-8)4(9)10-6/h2-3H2,1H3. The van der Waals surface area contributed by atoms with E-state index in [1.807, 2.05) is 0 Å². The zero-order valence-electron chi connectivity index (χ0n) is 5.36. The van der Waals surface area contributed by atoms with Crippen LogP contribution in [0.1, 0.15) is 6.92 Å². The van der Waals surface area contributed by atoms with Gasteiger partial charge in [0.2, 0.25) is 0 Å². The van der Waals surface area contributed by atoms with Crippen LogP contribution in [-0.4, -0.2) is 19.3 Å². The minimum atomic E-state index is -1.73. The Bertz CT molecular complexity index is 125. The van der Waals surface area contributed by atoms with Gasteiger partial charge in [-0.05, 0) is 6.92 Å². The van der Waals surface area contributed by atoms with Gasteiger partial charge >= 0.3 is 5.97 Å². The molecule has 0 aromatic rings. The van der Waals surface area contributed by atoms with Crippen LogP contribution in [0.5, 0.6) is 0 Å². The first-order chi connectivity index (χ1) is 4.60. The molecule has 60 valence electrons. The monoisotopic (exact) mass is 172 g/mol. The van der Waals surface area contributed by atoms with E-state index in [1.165, 1.54) is 0 Å². The van der Waals surface area contributed by atoms with Crippen molar-refractivity contribution in [2.24, 2.45) is 5.41 Å². The molecule has 5 heteroatoms. The average Bonchev–Trinajstić information content (AvgIpc) is 2.01. The van der Waals surface area contributed by atoms with E-state index in [-0.39, 0.29) is 0 Å². The molecule has 0 aliphatic rings. The van der Waals surface area contributed by atoms with Gasteiger partial charge in [0.1, 0.15) is 30.6 Å². The minimum Gasteiger partial charge on any atom is -0.347 e. The molecule has 10 heavy (non-hydrogen) atoms. The predicted octanol–water partition coefficient (Wildman–Crippen LogP) is 1.63. The number of carbonyl (C=O) groups excluding carboxylic acids is 1. The van der Waals surface area contributed by atoms with Crippen molar-refractivity contribution in [3.8, 4) is 0 Å². The maximum atomic E-state index is 11.9. The van der Waals surface area contributed by atoms with Gasteiger partial charge in [0.05, 0.1) is 0 Å². The van der Waals surface area contributed by atoms with Crippen LogP contribution >= 0.6 is 11.9 Å². The summed E-state index contributed by atoms with van der Waals surface area (Å²) >= 11 is 4.61. The molecule has 0 fully saturated rings. The van der Waals surface area contributed by atoms with E-state index >= 15 is 0 Å². The summed E-state index contributed by atoms with van der Waals surface area (Å²) in [6, 6.07) is 0. The molecule has 0 atom stereocenters. The van der Waals surface area contributed by atoms with E-state index < -0.39 is 24.7 Å². The van der Waals surface area contributed by atoms with Gasteiger partial charge in [0.25, 0.3) is 0 Å². The predicted molar refractivity (Wildman–Crippen MR) is 32.0 cm³/mol. The summed E-state index contributed by atoms with van der Waals surface area (Å²) in [5.74, 6) is -1.08. The highest BCUT2D eigenvalue weighted by molar-refractivity contribution is 6.13. The normalized spacial score (nSPS) is 11.2. The molecule has 0 aromatic heterocycles. The molecule has 0 aliphatic carbocycles. The summed E-state index contributed by atoms with van der Waals surface area (Å²) in [5, 5.41) is 0. The molecule has 0 unspecified atom stereocenters. The van der Waals surface area contributed by atoms with E-state index in [0.29, 0.717) is 0 Å². The number of halogens is 3. The Balaban J connectivity index is 4.17. The van der Waals surface area contributed by atoms with E-state index in [9.17, 15) is 13.6 Å². The fraction of sp³-hybridized carbons (Fsp3) is 0.800. The van der Waals surface area contributed by atoms with Crippen LogP contribution in [0, 0.1) is 5.41 Å². The van der Waals surface area contributed by atoms with Crippen molar-refractivity contribution in [3.05, 3.63) is 0 Å². The highest BCUT2D eigenvalue weighted by Gasteiger charge is 2.35. The van der Waals surface area contributed by atoms with Gasteiger partial charge in [0.15, 0.2) is 0 Å². The zero-order valence-corrected chi connectivity index (χ0v) is 6.12. The quantitative estimate of drug-likeness (QED) is 0.647. The van der Waals surface area contributed by atoms with Gasteiger partial charge in [0, 0.05) is 0 Å². The Hall–Kier alpha value is -0.380. The van der Waals surface area contributed by atoms with Crippen LogP contribution in [0.25, 0.3) is 0 Å². The van der Waals surface area contributed by atoms with Crippen molar-refractivity contribution in [2.75, 3.05) is 13.3 Å². The largest absolute Gasteiger partial charge is 0.347 e. The topological polar surface area (TPSA) is 26.3 Å². The molecule has 0 heterocycles. The number of rotatable bonds is 3. The Morgan fingerprint density at radius 1 is 1.60 bits per heavy atom. The van der Waals surface area contributed by atoms with Gasteiger partial charge in [-0.3, -0.25) is 0 Å². The summed E-state index contributed by atoms with van der Waals surface area (Å²) in [5.41, 5.74) is -1.73. The molecule has 0 radical (unpaired) electrons. The number of hydrogen-bond donors (Lipinski definition) is 0. The smallest absolute Gasteiger partial charge is 0.335 e. The van der Waals surface area contributed by atoms with Crippen LogP contribution < -0.4 is 0 Å².